The number of hydrogen-bond acceptors (Lipinski definition) is 4. The number of carbonyl (C=O) groups is 2. The molecule has 33 heavy (non-hydrogen) atoms. The Morgan fingerprint density at radius 3 is 2.70 bits per heavy atom. The van der Waals surface area contributed by atoms with Crippen LogP contribution in [0.5, 0.6) is 0 Å². The lowest BCUT2D eigenvalue weighted by atomic mass is 9.88. The summed E-state index contributed by atoms with van der Waals surface area (Å²) in [4.78, 5) is 32.8. The molecule has 2 aromatic rings. The van der Waals surface area contributed by atoms with Gasteiger partial charge in [0.05, 0.1) is 11.6 Å². The molecule has 1 aliphatic heterocycles. The van der Waals surface area contributed by atoms with Gasteiger partial charge in [-0.2, -0.15) is 0 Å². The molecule has 7 heteroatoms. The Balaban J connectivity index is 1.44. The van der Waals surface area contributed by atoms with Gasteiger partial charge >= 0.3 is 0 Å². The molecule has 3 fully saturated rings. The van der Waals surface area contributed by atoms with Crippen LogP contribution in [-0.4, -0.2) is 46.9 Å². The summed E-state index contributed by atoms with van der Waals surface area (Å²) >= 11 is 6.60. The van der Waals surface area contributed by atoms with E-state index < -0.39 is 0 Å². The van der Waals surface area contributed by atoms with Crippen LogP contribution in [0.2, 0.25) is 5.02 Å². The lowest BCUT2D eigenvalue weighted by Crippen LogP contribution is -2.37. The molecule has 2 amide bonds. The largest absolute Gasteiger partial charge is 0.349 e. The van der Waals surface area contributed by atoms with Crippen molar-refractivity contribution in [3.8, 4) is 0 Å². The molecule has 174 valence electrons. The second-order valence-electron chi connectivity index (χ2n) is 9.61. The average molecular weight is 467 g/mol. The van der Waals surface area contributed by atoms with Crippen LogP contribution in [0.15, 0.2) is 36.7 Å². The zero-order valence-electron chi connectivity index (χ0n) is 19.0. The van der Waals surface area contributed by atoms with E-state index in [1.54, 1.807) is 24.5 Å². The Kier molecular flexibility index (Phi) is 6.39. The van der Waals surface area contributed by atoms with Gasteiger partial charge in [-0.15, -0.1) is 0 Å². The van der Waals surface area contributed by atoms with Gasteiger partial charge in [0.25, 0.3) is 11.8 Å². The van der Waals surface area contributed by atoms with E-state index in [1.165, 1.54) is 0 Å². The maximum absolute atomic E-state index is 13.9. The SMILES string of the molecule is CC(c1cc(C(=O)NC2CC2)ccc1Cl)N(C(=O)c1cnccc1C1CCCNC1)C1CC1. The van der Waals surface area contributed by atoms with E-state index in [4.69, 9.17) is 11.6 Å². The Hall–Kier alpha value is -2.44. The number of nitrogens with zero attached hydrogens (tertiary/aromatic N) is 2. The second kappa shape index (κ2) is 9.43. The van der Waals surface area contributed by atoms with Crippen LogP contribution in [0.25, 0.3) is 0 Å². The van der Waals surface area contributed by atoms with E-state index in [2.05, 4.69) is 15.6 Å². The number of pyridine rings is 1. The van der Waals surface area contributed by atoms with Gasteiger partial charge in [0.2, 0.25) is 0 Å². The number of benzene rings is 1. The predicted molar refractivity (Wildman–Crippen MR) is 129 cm³/mol. The molecule has 0 bridgehead atoms. The molecule has 0 radical (unpaired) electrons. The van der Waals surface area contributed by atoms with Gasteiger partial charge in [-0.1, -0.05) is 11.6 Å². The molecule has 6 nitrogen and oxygen atoms in total. The summed E-state index contributed by atoms with van der Waals surface area (Å²) in [5.41, 5.74) is 3.16. The van der Waals surface area contributed by atoms with Crippen molar-refractivity contribution in [1.29, 1.82) is 0 Å². The van der Waals surface area contributed by atoms with E-state index in [0.717, 1.165) is 62.7 Å². The van der Waals surface area contributed by atoms with E-state index in [0.29, 0.717) is 22.1 Å². The number of nitrogens with one attached hydrogen (secondary N) is 2. The Labute approximate surface area is 200 Å². The zero-order valence-corrected chi connectivity index (χ0v) is 19.8. The fourth-order valence-corrected chi connectivity index (χ4v) is 5.13. The molecule has 2 heterocycles. The topological polar surface area (TPSA) is 74.3 Å². The van der Waals surface area contributed by atoms with Crippen LogP contribution < -0.4 is 10.6 Å². The van der Waals surface area contributed by atoms with Crippen LogP contribution in [0.1, 0.15) is 89.3 Å². The Morgan fingerprint density at radius 1 is 1.18 bits per heavy atom. The Morgan fingerprint density at radius 2 is 2.00 bits per heavy atom. The molecule has 3 aliphatic rings. The summed E-state index contributed by atoms with van der Waals surface area (Å²) in [6.45, 7) is 3.92. The van der Waals surface area contributed by atoms with E-state index in [1.807, 2.05) is 24.0 Å². The minimum absolute atomic E-state index is 0.00238. The number of carbonyl (C=O) groups excluding carboxylic acids is 2. The highest BCUT2D eigenvalue weighted by molar-refractivity contribution is 6.31. The molecular formula is C26H31ClN4O2. The smallest absolute Gasteiger partial charge is 0.256 e. The first kappa shape index (κ1) is 22.4. The molecule has 0 spiro atoms. The van der Waals surface area contributed by atoms with Crippen molar-refractivity contribution in [3.63, 3.8) is 0 Å². The van der Waals surface area contributed by atoms with Gasteiger partial charge in [0, 0.05) is 41.6 Å². The molecule has 2 atom stereocenters. The zero-order chi connectivity index (χ0) is 22.9. The number of hydrogen-bond donors (Lipinski definition) is 2. The molecule has 2 unspecified atom stereocenters. The van der Waals surface area contributed by atoms with Gasteiger partial charge < -0.3 is 15.5 Å². The fraction of sp³-hybridized carbons (Fsp3) is 0.500. The summed E-state index contributed by atoms with van der Waals surface area (Å²) in [6, 6.07) is 7.60. The third kappa shape index (κ3) is 4.92. The molecule has 2 saturated carbocycles. The van der Waals surface area contributed by atoms with Crippen molar-refractivity contribution < 1.29 is 9.59 Å². The average Bonchev–Trinajstić information content (AvgIpc) is 3.76. The minimum Gasteiger partial charge on any atom is -0.349 e. The fourth-order valence-electron chi connectivity index (χ4n) is 4.86. The molecule has 2 aliphatic carbocycles. The number of rotatable bonds is 7. The lowest BCUT2D eigenvalue weighted by Gasteiger charge is -2.32. The molecule has 5 rings (SSSR count). The highest BCUT2D eigenvalue weighted by atomic mass is 35.5. The van der Waals surface area contributed by atoms with Crippen LogP contribution in [0.4, 0.5) is 0 Å². The van der Waals surface area contributed by atoms with Crippen LogP contribution in [0.3, 0.4) is 0 Å². The number of aromatic nitrogens is 1. The highest BCUT2D eigenvalue weighted by Gasteiger charge is 2.39. The van der Waals surface area contributed by atoms with Gasteiger partial charge in [-0.05, 0) is 93.3 Å². The molecule has 1 aromatic heterocycles. The first-order valence-electron chi connectivity index (χ1n) is 12.1. The molecule has 2 N–H and O–H groups in total. The van der Waals surface area contributed by atoms with Gasteiger partial charge in [-0.25, -0.2) is 0 Å². The summed E-state index contributed by atoms with van der Waals surface area (Å²) < 4.78 is 0. The molecule has 1 saturated heterocycles. The van der Waals surface area contributed by atoms with Crippen molar-refractivity contribution in [3.05, 3.63) is 63.9 Å². The van der Waals surface area contributed by atoms with Gasteiger partial charge in [0.1, 0.15) is 0 Å². The van der Waals surface area contributed by atoms with Crippen molar-refractivity contribution in [1.82, 2.24) is 20.5 Å². The van der Waals surface area contributed by atoms with Crippen molar-refractivity contribution in [2.75, 3.05) is 13.1 Å². The van der Waals surface area contributed by atoms with Crippen LogP contribution in [-0.2, 0) is 0 Å². The number of piperidine rings is 1. The van der Waals surface area contributed by atoms with Crippen molar-refractivity contribution in [2.45, 2.75) is 69.5 Å². The summed E-state index contributed by atoms with van der Waals surface area (Å²) in [7, 11) is 0. The quantitative estimate of drug-likeness (QED) is 0.631. The third-order valence-electron chi connectivity index (χ3n) is 7.03. The van der Waals surface area contributed by atoms with E-state index in [9.17, 15) is 9.59 Å². The van der Waals surface area contributed by atoms with Crippen LogP contribution in [0, 0.1) is 0 Å². The van der Waals surface area contributed by atoms with Gasteiger partial charge in [0.15, 0.2) is 0 Å². The number of amides is 2. The standard InChI is InChI=1S/C26H31ClN4O2/c1-16(22-13-17(4-9-24(22)27)25(32)30-19-5-6-19)31(20-7-8-20)26(33)23-15-29-12-10-21(23)18-3-2-11-28-14-18/h4,9-10,12-13,15-16,18-20,28H,2-3,5-8,11,14H2,1H3,(H,30,32). The maximum Gasteiger partial charge on any atom is 0.256 e. The first-order valence-corrected chi connectivity index (χ1v) is 12.5. The highest BCUT2D eigenvalue weighted by Crippen LogP contribution is 2.39. The first-order chi connectivity index (χ1) is 16.0. The van der Waals surface area contributed by atoms with E-state index in [-0.39, 0.29) is 29.9 Å². The Bertz CT molecular complexity index is 1040. The van der Waals surface area contributed by atoms with Gasteiger partial charge in [-0.3, -0.25) is 14.6 Å². The minimum atomic E-state index is -0.247. The third-order valence-corrected chi connectivity index (χ3v) is 7.38. The lowest BCUT2D eigenvalue weighted by molar-refractivity contribution is 0.0671. The molecule has 1 aromatic carbocycles. The normalized spacial score (nSPS) is 21.3. The summed E-state index contributed by atoms with van der Waals surface area (Å²) in [5.74, 6) is 0.240. The van der Waals surface area contributed by atoms with Crippen LogP contribution >= 0.6 is 11.6 Å². The van der Waals surface area contributed by atoms with E-state index >= 15 is 0 Å². The van der Waals surface area contributed by atoms with Crippen molar-refractivity contribution in [2.24, 2.45) is 0 Å². The molecular weight excluding hydrogens is 436 g/mol. The van der Waals surface area contributed by atoms with Crippen molar-refractivity contribution >= 4 is 23.4 Å². The summed E-state index contributed by atoms with van der Waals surface area (Å²) in [6.07, 6.45) is 9.72. The maximum atomic E-state index is 13.9. The second-order valence-corrected chi connectivity index (χ2v) is 10.0. The summed E-state index contributed by atoms with van der Waals surface area (Å²) in [5, 5.41) is 7.07. The monoisotopic (exact) mass is 466 g/mol. The number of halogens is 1. The predicted octanol–water partition coefficient (Wildman–Crippen LogP) is 4.46.